The number of halogens is 1. The monoisotopic (exact) mass is 748 g/mol. The highest BCUT2D eigenvalue weighted by Gasteiger charge is 2.50. The Balaban J connectivity index is 1.20. The fourth-order valence-corrected chi connectivity index (χ4v) is 10.9. The molecule has 8 rings (SSSR count). The van der Waals surface area contributed by atoms with Gasteiger partial charge in [0.15, 0.2) is 0 Å². The van der Waals surface area contributed by atoms with Crippen LogP contribution in [0.5, 0.6) is 5.75 Å². The third-order valence-corrected chi connectivity index (χ3v) is 15.0. The summed E-state index contributed by atoms with van der Waals surface area (Å²) in [6, 6.07) is 11.6. The molecule has 11 nitrogen and oxygen atoms in total. The minimum atomic E-state index is -3.97. The SMILES string of the molecule is CO[C@@]1(CN2CCc3n[nH]nc3C2)/C=C/C[C@H](C)[C@@H](C)S(=O)(=O)NC(=O)c2ccc3c(c2)N(C[C@@H]2CC[C@H]21)C[C@@]1(CCCc2cc(Cl)ccc21)CO3. The van der Waals surface area contributed by atoms with Gasteiger partial charge < -0.3 is 14.4 Å². The molecular formula is C39H49ClN6O5S. The molecule has 1 aromatic heterocycles. The molecule has 1 saturated carbocycles. The van der Waals surface area contributed by atoms with E-state index >= 15 is 0 Å². The number of methoxy groups -OCH3 is 1. The van der Waals surface area contributed by atoms with E-state index in [1.54, 1.807) is 13.0 Å². The topological polar surface area (TPSA) is 130 Å². The van der Waals surface area contributed by atoms with Crippen molar-refractivity contribution in [1.29, 1.82) is 0 Å². The van der Waals surface area contributed by atoms with Gasteiger partial charge in [-0.25, -0.2) is 13.1 Å². The van der Waals surface area contributed by atoms with Gasteiger partial charge in [-0.1, -0.05) is 36.7 Å². The van der Waals surface area contributed by atoms with Crippen LogP contribution in [-0.2, 0) is 39.6 Å². The van der Waals surface area contributed by atoms with Crippen LogP contribution in [0.25, 0.3) is 0 Å². The second kappa shape index (κ2) is 13.8. The lowest BCUT2D eigenvalue weighted by Crippen LogP contribution is -2.57. The number of fused-ring (bicyclic) bond motifs is 5. The van der Waals surface area contributed by atoms with Gasteiger partial charge in [0.25, 0.3) is 5.91 Å². The van der Waals surface area contributed by atoms with E-state index in [1.807, 2.05) is 32.2 Å². The number of aromatic nitrogens is 3. The van der Waals surface area contributed by atoms with E-state index in [0.717, 1.165) is 73.7 Å². The Labute approximate surface area is 311 Å². The highest BCUT2D eigenvalue weighted by Crippen LogP contribution is 2.49. The summed E-state index contributed by atoms with van der Waals surface area (Å²) in [5, 5.41) is 11.5. The summed E-state index contributed by atoms with van der Waals surface area (Å²) in [5.74, 6) is 0.345. The summed E-state index contributed by atoms with van der Waals surface area (Å²) < 4.78 is 42.9. The fraction of sp³-hybridized carbons (Fsp3) is 0.564. The molecule has 0 radical (unpaired) electrons. The zero-order chi connectivity index (χ0) is 36.3. The van der Waals surface area contributed by atoms with Gasteiger partial charge in [0.05, 0.1) is 28.9 Å². The standard InChI is InChI=1S/C39H49ClN6O5S/c1-25-6-4-16-39(50-3,23-45-17-14-33-34(21-45)42-44-41-33)32-11-8-29(32)20-46-22-38(15-5-7-27-18-30(40)10-12-31(27)38)24-51-36-13-9-28(19-35(36)46)37(47)43-52(48,49)26(25)2/h4,9-10,12-13,16,18-19,25-26,29,32H,5-8,11,14-15,17,20-24H2,1-3H3,(H,43,47)(H,41,42,44)/b16-4+/t25-,26+,29-,32+,38-,39+/m0/s1. The number of benzene rings is 2. The number of rotatable bonds is 3. The minimum Gasteiger partial charge on any atom is -0.490 e. The van der Waals surface area contributed by atoms with Crippen LogP contribution < -0.4 is 14.4 Å². The molecule has 2 aliphatic carbocycles. The van der Waals surface area contributed by atoms with E-state index in [9.17, 15) is 13.2 Å². The third-order valence-electron chi connectivity index (χ3n) is 12.8. The van der Waals surface area contributed by atoms with Crippen molar-refractivity contribution in [1.82, 2.24) is 25.0 Å². The van der Waals surface area contributed by atoms with E-state index in [-0.39, 0.29) is 17.3 Å². The van der Waals surface area contributed by atoms with E-state index < -0.39 is 26.8 Å². The number of carbonyl (C=O) groups excluding carboxylic acids is 1. The van der Waals surface area contributed by atoms with Crippen molar-refractivity contribution in [3.63, 3.8) is 0 Å². The summed E-state index contributed by atoms with van der Waals surface area (Å²) in [5.41, 5.74) is 4.76. The smallest absolute Gasteiger partial charge is 0.264 e. The number of aromatic amines is 1. The highest BCUT2D eigenvalue weighted by molar-refractivity contribution is 7.90. The molecule has 1 fully saturated rings. The molecule has 2 aromatic carbocycles. The van der Waals surface area contributed by atoms with Crippen LogP contribution >= 0.6 is 11.6 Å². The van der Waals surface area contributed by atoms with Crippen molar-refractivity contribution in [2.75, 3.05) is 44.8 Å². The Morgan fingerprint density at radius 2 is 1.94 bits per heavy atom. The van der Waals surface area contributed by atoms with Crippen molar-refractivity contribution in [2.45, 2.75) is 81.6 Å². The van der Waals surface area contributed by atoms with Gasteiger partial charge in [-0.3, -0.25) is 9.69 Å². The lowest BCUT2D eigenvalue weighted by atomic mass is 9.63. The number of allylic oxidation sites excluding steroid dienone is 1. The summed E-state index contributed by atoms with van der Waals surface area (Å²) in [7, 11) is -2.15. The number of sulfonamides is 1. The Hall–Kier alpha value is -3.45. The predicted octanol–water partition coefficient (Wildman–Crippen LogP) is 5.45. The number of hydrogen-bond acceptors (Lipinski definition) is 9. The van der Waals surface area contributed by atoms with Crippen molar-refractivity contribution in [2.24, 2.45) is 17.8 Å². The number of aryl methyl sites for hydroxylation is 1. The first-order chi connectivity index (χ1) is 25.0. The summed E-state index contributed by atoms with van der Waals surface area (Å²) >= 11 is 6.49. The average Bonchev–Trinajstić information content (AvgIpc) is 3.53. The number of nitrogens with zero attached hydrogens (tertiary/aromatic N) is 4. The largest absolute Gasteiger partial charge is 0.490 e. The molecule has 3 aliphatic heterocycles. The molecule has 4 heterocycles. The van der Waals surface area contributed by atoms with Gasteiger partial charge in [0.1, 0.15) is 11.4 Å². The lowest BCUT2D eigenvalue weighted by molar-refractivity contribution is -0.0933. The van der Waals surface area contributed by atoms with Crippen LogP contribution in [0.2, 0.25) is 5.02 Å². The first-order valence-corrected chi connectivity index (χ1v) is 20.6. The van der Waals surface area contributed by atoms with E-state index in [0.29, 0.717) is 49.9 Å². The molecule has 1 amide bonds. The molecule has 52 heavy (non-hydrogen) atoms. The van der Waals surface area contributed by atoms with Crippen LogP contribution in [-0.4, -0.2) is 85.4 Å². The molecule has 278 valence electrons. The number of H-pyrrole nitrogens is 1. The molecule has 0 saturated heterocycles. The molecule has 3 aromatic rings. The van der Waals surface area contributed by atoms with E-state index in [4.69, 9.17) is 21.1 Å². The maximum absolute atomic E-state index is 13.6. The molecule has 13 heteroatoms. The molecule has 6 atom stereocenters. The van der Waals surface area contributed by atoms with Crippen LogP contribution in [0.1, 0.15) is 78.8 Å². The predicted molar refractivity (Wildman–Crippen MR) is 200 cm³/mol. The van der Waals surface area contributed by atoms with Gasteiger partial charge >= 0.3 is 0 Å². The molecular weight excluding hydrogens is 700 g/mol. The van der Waals surface area contributed by atoms with Gasteiger partial charge in [-0.2, -0.15) is 15.4 Å². The van der Waals surface area contributed by atoms with Crippen LogP contribution in [0, 0.1) is 17.8 Å². The van der Waals surface area contributed by atoms with Crippen molar-refractivity contribution >= 4 is 33.2 Å². The van der Waals surface area contributed by atoms with Crippen LogP contribution in [0.15, 0.2) is 48.6 Å². The zero-order valence-corrected chi connectivity index (χ0v) is 31.8. The maximum Gasteiger partial charge on any atom is 0.264 e. The lowest BCUT2D eigenvalue weighted by Gasteiger charge is -2.52. The Bertz CT molecular complexity index is 1990. The van der Waals surface area contributed by atoms with Gasteiger partial charge in [0.2, 0.25) is 10.0 Å². The van der Waals surface area contributed by atoms with Crippen molar-refractivity contribution in [3.8, 4) is 5.75 Å². The number of carbonyl (C=O) groups is 1. The summed E-state index contributed by atoms with van der Waals surface area (Å²) in [6.07, 6.45) is 10.7. The first kappa shape index (κ1) is 35.6. The highest BCUT2D eigenvalue weighted by atomic mass is 35.5. The fourth-order valence-electron chi connectivity index (χ4n) is 9.45. The summed E-state index contributed by atoms with van der Waals surface area (Å²) in [4.78, 5) is 18.5. The quantitative estimate of drug-likeness (QED) is 0.337. The minimum absolute atomic E-state index is 0.212. The number of anilines is 1. The average molecular weight is 749 g/mol. The van der Waals surface area contributed by atoms with E-state index in [2.05, 4.69) is 54.2 Å². The Kier molecular flexibility index (Phi) is 9.41. The van der Waals surface area contributed by atoms with Crippen LogP contribution in [0.3, 0.4) is 0 Å². The number of ether oxygens (including phenoxy) is 2. The van der Waals surface area contributed by atoms with Gasteiger partial charge in [-0.15, -0.1) is 0 Å². The second-order valence-electron chi connectivity index (χ2n) is 15.9. The molecule has 2 N–H and O–H groups in total. The number of hydrogen-bond donors (Lipinski definition) is 2. The third kappa shape index (κ3) is 6.43. The summed E-state index contributed by atoms with van der Waals surface area (Å²) in [6.45, 7) is 7.77. The zero-order valence-electron chi connectivity index (χ0n) is 30.2. The molecule has 0 unspecified atom stereocenters. The number of amides is 1. The van der Waals surface area contributed by atoms with E-state index in [1.165, 1.54) is 11.1 Å². The molecule has 1 spiro atoms. The van der Waals surface area contributed by atoms with Gasteiger partial charge in [0, 0.05) is 62.3 Å². The van der Waals surface area contributed by atoms with Gasteiger partial charge in [-0.05, 0) is 105 Å². The van der Waals surface area contributed by atoms with Crippen molar-refractivity contribution in [3.05, 3.63) is 81.7 Å². The van der Waals surface area contributed by atoms with Crippen LogP contribution in [0.4, 0.5) is 5.69 Å². The molecule has 5 aliphatic rings. The molecule has 2 bridgehead atoms. The normalized spacial score (nSPS) is 32.3. The Morgan fingerprint density at radius 1 is 1.10 bits per heavy atom. The maximum atomic E-state index is 13.6. The Morgan fingerprint density at radius 3 is 2.75 bits per heavy atom. The number of nitrogens with one attached hydrogen (secondary N) is 2. The second-order valence-corrected chi connectivity index (χ2v) is 18.3. The first-order valence-electron chi connectivity index (χ1n) is 18.7. The van der Waals surface area contributed by atoms with Crippen molar-refractivity contribution < 1.29 is 22.7 Å².